The van der Waals surface area contributed by atoms with Crippen molar-refractivity contribution in [2.45, 2.75) is 25.4 Å². The van der Waals surface area contributed by atoms with Crippen molar-refractivity contribution < 1.29 is 4.79 Å². The second kappa shape index (κ2) is 5.40. The smallest absolute Gasteiger partial charge is 0.330 e. The number of rotatable bonds is 5. The lowest BCUT2D eigenvalue weighted by atomic mass is 10.3. The molecule has 2 N–H and O–H groups in total. The SMILES string of the molecule is Cn1c(CNCC(=O)NC2CC2)cc(=O)n(C)c1=O. The summed E-state index contributed by atoms with van der Waals surface area (Å²) < 4.78 is 2.44. The Balaban J connectivity index is 1.94. The monoisotopic (exact) mass is 266 g/mol. The maximum Gasteiger partial charge on any atom is 0.330 e. The molecule has 1 aliphatic rings. The molecule has 7 nitrogen and oxygen atoms in total. The molecule has 2 rings (SSSR count). The van der Waals surface area contributed by atoms with Gasteiger partial charge >= 0.3 is 5.69 Å². The van der Waals surface area contributed by atoms with Gasteiger partial charge in [0.15, 0.2) is 0 Å². The molecule has 1 fully saturated rings. The number of hydrogen-bond acceptors (Lipinski definition) is 4. The number of nitrogens with one attached hydrogen (secondary N) is 2. The molecule has 0 atom stereocenters. The van der Waals surface area contributed by atoms with Crippen LogP contribution in [0.1, 0.15) is 18.5 Å². The average molecular weight is 266 g/mol. The molecule has 0 aromatic carbocycles. The number of nitrogens with zero attached hydrogens (tertiary/aromatic N) is 2. The Morgan fingerprint density at radius 2 is 2.00 bits per heavy atom. The van der Waals surface area contributed by atoms with E-state index in [2.05, 4.69) is 10.6 Å². The topological polar surface area (TPSA) is 85.1 Å². The molecule has 0 unspecified atom stereocenters. The van der Waals surface area contributed by atoms with Gasteiger partial charge in [-0.3, -0.25) is 18.7 Å². The van der Waals surface area contributed by atoms with Gasteiger partial charge in [-0.05, 0) is 12.8 Å². The van der Waals surface area contributed by atoms with Crippen molar-refractivity contribution in [2.75, 3.05) is 6.54 Å². The lowest BCUT2D eigenvalue weighted by Gasteiger charge is -2.10. The Labute approximate surface area is 110 Å². The Morgan fingerprint density at radius 1 is 1.32 bits per heavy atom. The second-order valence-corrected chi connectivity index (χ2v) is 4.82. The maximum absolute atomic E-state index is 11.7. The zero-order valence-corrected chi connectivity index (χ0v) is 11.1. The molecule has 7 heteroatoms. The minimum atomic E-state index is -0.369. The van der Waals surface area contributed by atoms with Gasteiger partial charge in [-0.15, -0.1) is 0 Å². The van der Waals surface area contributed by atoms with Crippen LogP contribution in [-0.2, 0) is 25.4 Å². The third-order valence-electron chi connectivity index (χ3n) is 3.16. The number of aromatic nitrogens is 2. The van der Waals surface area contributed by atoms with E-state index in [1.807, 2.05) is 0 Å². The summed E-state index contributed by atoms with van der Waals surface area (Å²) in [5.41, 5.74) is -0.151. The van der Waals surface area contributed by atoms with E-state index in [1.165, 1.54) is 17.7 Å². The van der Waals surface area contributed by atoms with Crippen LogP contribution in [0.3, 0.4) is 0 Å². The highest BCUT2D eigenvalue weighted by Crippen LogP contribution is 2.18. The van der Waals surface area contributed by atoms with E-state index < -0.39 is 0 Å². The van der Waals surface area contributed by atoms with Gasteiger partial charge in [-0.2, -0.15) is 0 Å². The Bertz CT molecular complexity index is 598. The minimum absolute atomic E-state index is 0.0590. The molecule has 19 heavy (non-hydrogen) atoms. The van der Waals surface area contributed by atoms with Crippen LogP contribution >= 0.6 is 0 Å². The quantitative estimate of drug-likeness (QED) is 0.676. The molecule has 1 heterocycles. The predicted molar refractivity (Wildman–Crippen MR) is 69.8 cm³/mol. The summed E-state index contributed by atoms with van der Waals surface area (Å²) in [4.78, 5) is 34.6. The van der Waals surface area contributed by atoms with E-state index in [0.29, 0.717) is 18.3 Å². The van der Waals surface area contributed by atoms with Crippen LogP contribution < -0.4 is 21.9 Å². The molecule has 0 saturated heterocycles. The molecule has 0 aliphatic heterocycles. The van der Waals surface area contributed by atoms with Crippen molar-refractivity contribution in [3.63, 3.8) is 0 Å². The van der Waals surface area contributed by atoms with E-state index in [-0.39, 0.29) is 23.7 Å². The molecule has 1 aromatic rings. The number of carbonyl (C=O) groups excluding carboxylic acids is 1. The van der Waals surface area contributed by atoms with Gasteiger partial charge in [0.2, 0.25) is 5.91 Å². The van der Waals surface area contributed by atoms with E-state index in [9.17, 15) is 14.4 Å². The molecule has 1 amide bonds. The fraction of sp³-hybridized carbons (Fsp3) is 0.583. The minimum Gasteiger partial charge on any atom is -0.352 e. The van der Waals surface area contributed by atoms with Gasteiger partial charge in [0.25, 0.3) is 5.56 Å². The Hall–Kier alpha value is -1.89. The van der Waals surface area contributed by atoms with Crippen molar-refractivity contribution in [1.29, 1.82) is 0 Å². The summed E-state index contributed by atoms with van der Waals surface area (Å²) in [5.74, 6) is -0.0590. The van der Waals surface area contributed by atoms with Crippen LogP contribution in [0, 0.1) is 0 Å². The van der Waals surface area contributed by atoms with Crippen LogP contribution in [0.2, 0.25) is 0 Å². The molecule has 0 bridgehead atoms. The van der Waals surface area contributed by atoms with Gasteiger partial charge in [-0.1, -0.05) is 0 Å². The third kappa shape index (κ3) is 3.31. The highest BCUT2D eigenvalue weighted by molar-refractivity contribution is 5.78. The standard InChI is InChI=1S/C12H18N4O3/c1-15-9(5-11(18)16(2)12(15)19)6-13-7-10(17)14-8-3-4-8/h5,8,13H,3-4,6-7H2,1-2H3,(H,14,17). The van der Waals surface area contributed by atoms with Crippen molar-refractivity contribution in [3.05, 3.63) is 32.6 Å². The van der Waals surface area contributed by atoms with Gasteiger partial charge in [0, 0.05) is 38.4 Å². The molecule has 0 radical (unpaired) electrons. The first-order chi connectivity index (χ1) is 8.99. The van der Waals surface area contributed by atoms with Gasteiger partial charge in [0.05, 0.1) is 6.54 Å². The summed E-state index contributed by atoms with van der Waals surface area (Å²) in [6, 6.07) is 1.73. The zero-order chi connectivity index (χ0) is 14.0. The van der Waals surface area contributed by atoms with Crippen LogP contribution in [0.25, 0.3) is 0 Å². The number of hydrogen-bond donors (Lipinski definition) is 2. The molecule has 0 spiro atoms. The van der Waals surface area contributed by atoms with Gasteiger partial charge in [-0.25, -0.2) is 4.79 Å². The van der Waals surface area contributed by atoms with Gasteiger partial charge < -0.3 is 10.6 Å². The van der Waals surface area contributed by atoms with E-state index in [0.717, 1.165) is 17.4 Å². The molecular weight excluding hydrogens is 248 g/mol. The maximum atomic E-state index is 11.7. The first kappa shape index (κ1) is 13.5. The van der Waals surface area contributed by atoms with Crippen molar-refractivity contribution in [2.24, 2.45) is 14.1 Å². The van der Waals surface area contributed by atoms with Crippen LogP contribution in [0.4, 0.5) is 0 Å². The van der Waals surface area contributed by atoms with E-state index in [1.54, 1.807) is 7.05 Å². The average Bonchev–Trinajstić information content (AvgIpc) is 3.16. The largest absolute Gasteiger partial charge is 0.352 e. The van der Waals surface area contributed by atoms with Gasteiger partial charge in [0.1, 0.15) is 0 Å². The molecule has 1 saturated carbocycles. The van der Waals surface area contributed by atoms with Crippen molar-refractivity contribution >= 4 is 5.91 Å². The fourth-order valence-corrected chi connectivity index (χ4v) is 1.76. The summed E-state index contributed by atoms with van der Waals surface area (Å²) in [7, 11) is 3.04. The summed E-state index contributed by atoms with van der Waals surface area (Å²) in [5, 5.41) is 5.78. The predicted octanol–water partition coefficient (Wildman–Crippen LogP) is -1.55. The number of amides is 1. The summed E-state index contributed by atoms with van der Waals surface area (Å²) in [6.45, 7) is 0.486. The van der Waals surface area contributed by atoms with Crippen LogP contribution in [0.15, 0.2) is 15.7 Å². The lowest BCUT2D eigenvalue weighted by molar-refractivity contribution is -0.120. The summed E-state index contributed by atoms with van der Waals surface area (Å²) >= 11 is 0. The summed E-state index contributed by atoms with van der Waals surface area (Å²) in [6.07, 6.45) is 2.10. The number of carbonyl (C=O) groups is 1. The van der Waals surface area contributed by atoms with Crippen molar-refractivity contribution in [3.8, 4) is 0 Å². The zero-order valence-electron chi connectivity index (χ0n) is 11.1. The first-order valence-electron chi connectivity index (χ1n) is 6.25. The van der Waals surface area contributed by atoms with E-state index >= 15 is 0 Å². The Kier molecular flexibility index (Phi) is 3.84. The highest BCUT2D eigenvalue weighted by Gasteiger charge is 2.22. The third-order valence-corrected chi connectivity index (χ3v) is 3.16. The van der Waals surface area contributed by atoms with Crippen molar-refractivity contribution in [1.82, 2.24) is 19.8 Å². The Morgan fingerprint density at radius 3 is 2.63 bits per heavy atom. The second-order valence-electron chi connectivity index (χ2n) is 4.82. The molecule has 1 aromatic heterocycles. The fourth-order valence-electron chi connectivity index (χ4n) is 1.76. The normalized spacial score (nSPS) is 14.4. The molecular formula is C12H18N4O3. The van der Waals surface area contributed by atoms with E-state index in [4.69, 9.17) is 0 Å². The van der Waals surface area contributed by atoms with Crippen LogP contribution in [-0.4, -0.2) is 27.6 Å². The molecule has 104 valence electrons. The molecule has 1 aliphatic carbocycles. The first-order valence-corrected chi connectivity index (χ1v) is 6.25. The lowest BCUT2D eigenvalue weighted by Crippen LogP contribution is -2.40. The van der Waals surface area contributed by atoms with Crippen LogP contribution in [0.5, 0.6) is 0 Å². The highest BCUT2D eigenvalue weighted by atomic mass is 16.2.